The quantitative estimate of drug-likeness (QED) is 0.795. The van der Waals surface area contributed by atoms with Crippen LogP contribution in [0.25, 0.3) is 0 Å². The first-order valence-corrected chi connectivity index (χ1v) is 6.39. The standard InChI is InChI=1S/C13H18N2O4/c16-12(17)8-15-6-1-2-11(15)13(18)14-5-3-10-4-7-19-9-10/h1-2,6,10H,3-5,7-9H2,(H,14,18)(H,16,17). The van der Waals surface area contributed by atoms with Crippen LogP contribution in [0.2, 0.25) is 0 Å². The van der Waals surface area contributed by atoms with E-state index in [1.807, 2.05) is 0 Å². The van der Waals surface area contributed by atoms with Crippen LogP contribution >= 0.6 is 0 Å². The van der Waals surface area contributed by atoms with E-state index in [0.717, 1.165) is 26.1 Å². The normalized spacial score (nSPS) is 18.4. The summed E-state index contributed by atoms with van der Waals surface area (Å²) in [4.78, 5) is 22.6. The lowest BCUT2D eigenvalue weighted by Gasteiger charge is -2.10. The van der Waals surface area contributed by atoms with Crippen molar-refractivity contribution in [2.45, 2.75) is 19.4 Å². The Balaban J connectivity index is 1.82. The van der Waals surface area contributed by atoms with Gasteiger partial charge in [0.2, 0.25) is 0 Å². The van der Waals surface area contributed by atoms with Gasteiger partial charge in [-0.15, -0.1) is 0 Å². The minimum absolute atomic E-state index is 0.202. The van der Waals surface area contributed by atoms with E-state index in [9.17, 15) is 9.59 Å². The van der Waals surface area contributed by atoms with Gasteiger partial charge in [0, 0.05) is 26.0 Å². The molecule has 2 rings (SSSR count). The van der Waals surface area contributed by atoms with Gasteiger partial charge in [-0.1, -0.05) is 0 Å². The van der Waals surface area contributed by atoms with E-state index in [-0.39, 0.29) is 12.5 Å². The third-order valence-corrected chi connectivity index (χ3v) is 3.23. The van der Waals surface area contributed by atoms with Crippen LogP contribution in [0.5, 0.6) is 0 Å². The second-order valence-corrected chi connectivity index (χ2v) is 4.69. The summed E-state index contributed by atoms with van der Waals surface area (Å²) >= 11 is 0. The van der Waals surface area contributed by atoms with Crippen molar-refractivity contribution < 1.29 is 19.4 Å². The Labute approximate surface area is 111 Å². The van der Waals surface area contributed by atoms with Crippen molar-refractivity contribution in [1.29, 1.82) is 0 Å². The second kappa shape index (κ2) is 6.38. The van der Waals surface area contributed by atoms with E-state index in [1.165, 1.54) is 4.57 Å². The van der Waals surface area contributed by atoms with Crippen molar-refractivity contribution in [1.82, 2.24) is 9.88 Å². The van der Waals surface area contributed by atoms with E-state index in [2.05, 4.69) is 5.32 Å². The highest BCUT2D eigenvalue weighted by Gasteiger charge is 2.16. The van der Waals surface area contributed by atoms with Crippen molar-refractivity contribution in [3.05, 3.63) is 24.0 Å². The van der Waals surface area contributed by atoms with Crippen LogP contribution < -0.4 is 5.32 Å². The number of hydrogen-bond acceptors (Lipinski definition) is 3. The smallest absolute Gasteiger partial charge is 0.323 e. The van der Waals surface area contributed by atoms with Crippen LogP contribution in [0.3, 0.4) is 0 Å². The summed E-state index contributed by atoms with van der Waals surface area (Å²) in [6.07, 6.45) is 3.53. The molecule has 0 aliphatic carbocycles. The van der Waals surface area contributed by atoms with Gasteiger partial charge in [0.05, 0.1) is 0 Å². The van der Waals surface area contributed by atoms with Gasteiger partial charge in [0.1, 0.15) is 12.2 Å². The minimum atomic E-state index is -0.964. The number of ether oxygens (including phenoxy) is 1. The maximum Gasteiger partial charge on any atom is 0.323 e. The molecule has 0 bridgehead atoms. The number of nitrogens with zero attached hydrogens (tertiary/aromatic N) is 1. The first-order chi connectivity index (χ1) is 9.16. The number of carboxylic acids is 1. The number of rotatable bonds is 6. The van der Waals surface area contributed by atoms with Gasteiger partial charge >= 0.3 is 5.97 Å². The van der Waals surface area contributed by atoms with E-state index >= 15 is 0 Å². The molecule has 0 spiro atoms. The second-order valence-electron chi connectivity index (χ2n) is 4.69. The summed E-state index contributed by atoms with van der Waals surface area (Å²) in [7, 11) is 0. The average molecular weight is 266 g/mol. The molecule has 104 valence electrons. The van der Waals surface area contributed by atoms with Gasteiger partial charge in [-0.3, -0.25) is 9.59 Å². The van der Waals surface area contributed by atoms with Crippen LogP contribution in [0.4, 0.5) is 0 Å². The fraction of sp³-hybridized carbons (Fsp3) is 0.538. The molecule has 1 aromatic rings. The summed E-state index contributed by atoms with van der Waals surface area (Å²) in [6.45, 7) is 1.96. The van der Waals surface area contributed by atoms with Crippen LogP contribution in [0.1, 0.15) is 23.3 Å². The highest BCUT2D eigenvalue weighted by molar-refractivity contribution is 5.93. The van der Waals surface area contributed by atoms with Gasteiger partial charge in [-0.05, 0) is 30.9 Å². The summed E-state index contributed by atoms with van der Waals surface area (Å²) in [6, 6.07) is 3.29. The predicted octanol–water partition coefficient (Wildman–Crippen LogP) is 0.729. The summed E-state index contributed by atoms with van der Waals surface area (Å²) in [5.74, 6) is -0.676. The van der Waals surface area contributed by atoms with E-state index < -0.39 is 5.97 Å². The largest absolute Gasteiger partial charge is 0.480 e. The summed E-state index contributed by atoms with van der Waals surface area (Å²) < 4.78 is 6.69. The average Bonchev–Trinajstić information content (AvgIpc) is 2.99. The maximum absolute atomic E-state index is 11.9. The number of carbonyl (C=O) groups excluding carboxylic acids is 1. The zero-order valence-electron chi connectivity index (χ0n) is 10.7. The molecule has 1 aliphatic heterocycles. The lowest BCUT2D eigenvalue weighted by molar-refractivity contribution is -0.137. The molecule has 1 aromatic heterocycles. The third kappa shape index (κ3) is 3.82. The van der Waals surface area contributed by atoms with Gasteiger partial charge in [0.15, 0.2) is 0 Å². The van der Waals surface area contributed by atoms with Gasteiger partial charge < -0.3 is 19.7 Å². The van der Waals surface area contributed by atoms with Gasteiger partial charge in [0.25, 0.3) is 5.91 Å². The zero-order chi connectivity index (χ0) is 13.7. The number of aliphatic carboxylic acids is 1. The molecular weight excluding hydrogens is 248 g/mol. The Morgan fingerprint density at radius 2 is 2.37 bits per heavy atom. The van der Waals surface area contributed by atoms with Crippen LogP contribution in [0.15, 0.2) is 18.3 Å². The molecular formula is C13H18N2O4. The van der Waals surface area contributed by atoms with Crippen molar-refractivity contribution in [2.24, 2.45) is 5.92 Å². The highest BCUT2D eigenvalue weighted by atomic mass is 16.5. The fourth-order valence-corrected chi connectivity index (χ4v) is 2.20. The molecule has 2 heterocycles. The van der Waals surface area contributed by atoms with Gasteiger partial charge in [-0.2, -0.15) is 0 Å². The van der Waals surface area contributed by atoms with Crippen molar-refractivity contribution >= 4 is 11.9 Å². The first kappa shape index (κ1) is 13.6. The first-order valence-electron chi connectivity index (χ1n) is 6.39. The third-order valence-electron chi connectivity index (χ3n) is 3.23. The molecule has 2 N–H and O–H groups in total. The number of amides is 1. The monoisotopic (exact) mass is 266 g/mol. The molecule has 1 amide bonds. The molecule has 1 fully saturated rings. The summed E-state index contributed by atoms with van der Waals surface area (Å²) in [5.41, 5.74) is 0.380. The number of hydrogen-bond donors (Lipinski definition) is 2. The molecule has 6 nitrogen and oxygen atoms in total. The SMILES string of the molecule is O=C(O)Cn1cccc1C(=O)NCCC1CCOC1. The number of nitrogens with one attached hydrogen (secondary N) is 1. The van der Waals surface area contributed by atoms with Gasteiger partial charge in [-0.25, -0.2) is 0 Å². The van der Waals surface area contributed by atoms with Crippen molar-refractivity contribution in [2.75, 3.05) is 19.8 Å². The Kier molecular flexibility index (Phi) is 4.57. The van der Waals surface area contributed by atoms with Crippen molar-refractivity contribution in [3.63, 3.8) is 0 Å². The molecule has 1 saturated heterocycles. The Morgan fingerprint density at radius 3 is 3.05 bits per heavy atom. The predicted molar refractivity (Wildman–Crippen MR) is 67.9 cm³/mol. The molecule has 1 unspecified atom stereocenters. The Bertz CT molecular complexity index is 449. The Morgan fingerprint density at radius 1 is 1.53 bits per heavy atom. The lowest BCUT2D eigenvalue weighted by Crippen LogP contribution is -2.28. The topological polar surface area (TPSA) is 80.6 Å². The van der Waals surface area contributed by atoms with E-state index in [0.29, 0.717) is 18.2 Å². The van der Waals surface area contributed by atoms with E-state index in [1.54, 1.807) is 18.3 Å². The fourth-order valence-electron chi connectivity index (χ4n) is 2.20. The molecule has 1 atom stereocenters. The van der Waals surface area contributed by atoms with Crippen LogP contribution in [0, 0.1) is 5.92 Å². The van der Waals surface area contributed by atoms with Crippen LogP contribution in [-0.2, 0) is 16.1 Å². The number of carboxylic acid groups (broad SMARTS) is 1. The molecule has 19 heavy (non-hydrogen) atoms. The molecule has 6 heteroatoms. The maximum atomic E-state index is 11.9. The summed E-state index contributed by atoms with van der Waals surface area (Å²) in [5, 5.41) is 11.6. The highest BCUT2D eigenvalue weighted by Crippen LogP contribution is 2.15. The van der Waals surface area contributed by atoms with E-state index in [4.69, 9.17) is 9.84 Å². The van der Waals surface area contributed by atoms with Crippen molar-refractivity contribution in [3.8, 4) is 0 Å². The number of aromatic nitrogens is 1. The Hall–Kier alpha value is -1.82. The van der Waals surface area contributed by atoms with Crippen LogP contribution in [-0.4, -0.2) is 41.3 Å². The lowest BCUT2D eigenvalue weighted by atomic mass is 10.1. The molecule has 0 aromatic carbocycles. The molecule has 1 aliphatic rings. The zero-order valence-corrected chi connectivity index (χ0v) is 10.7. The number of carbonyl (C=O) groups is 2. The molecule has 0 radical (unpaired) electrons. The minimum Gasteiger partial charge on any atom is -0.480 e. The molecule has 0 saturated carbocycles.